The van der Waals surface area contributed by atoms with E-state index < -0.39 is 0 Å². The van der Waals surface area contributed by atoms with Crippen molar-refractivity contribution in [2.45, 2.75) is 0 Å². The minimum Gasteiger partial charge on any atom is -0.383 e. The van der Waals surface area contributed by atoms with E-state index in [0.29, 0.717) is 19.1 Å². The van der Waals surface area contributed by atoms with Crippen molar-refractivity contribution in [3.63, 3.8) is 0 Å². The lowest BCUT2D eigenvalue weighted by molar-refractivity contribution is -0.0148. The first-order chi connectivity index (χ1) is 6.86. The Bertz CT molecular complexity index is 137. The molecule has 5 heteroatoms. The maximum atomic E-state index is 5.37. The standard InChI is InChI=1S/C9H20N2O3/c1-12-3-2-11-6-9(7-11)8-13-4-5-14-10/h9H,2-8,10H2,1H3. The van der Waals surface area contributed by atoms with Gasteiger partial charge in [0, 0.05) is 32.7 Å². The number of nitrogens with zero attached hydrogens (tertiary/aromatic N) is 1. The third-order valence-corrected chi connectivity index (χ3v) is 2.34. The van der Waals surface area contributed by atoms with Gasteiger partial charge in [-0.1, -0.05) is 0 Å². The highest BCUT2D eigenvalue weighted by Crippen LogP contribution is 2.14. The minimum atomic E-state index is 0.472. The molecule has 1 aliphatic heterocycles. The second-order valence-corrected chi connectivity index (χ2v) is 3.56. The van der Waals surface area contributed by atoms with Crippen LogP contribution in [0.2, 0.25) is 0 Å². The second-order valence-electron chi connectivity index (χ2n) is 3.56. The van der Waals surface area contributed by atoms with Gasteiger partial charge in [0.25, 0.3) is 0 Å². The molecule has 5 nitrogen and oxygen atoms in total. The van der Waals surface area contributed by atoms with E-state index in [9.17, 15) is 0 Å². The zero-order chi connectivity index (χ0) is 10.2. The molecule has 0 spiro atoms. The summed E-state index contributed by atoms with van der Waals surface area (Å²) in [7, 11) is 1.73. The highest BCUT2D eigenvalue weighted by Gasteiger charge is 2.25. The van der Waals surface area contributed by atoms with Gasteiger partial charge in [0.15, 0.2) is 0 Å². The summed E-state index contributed by atoms with van der Waals surface area (Å²) in [5, 5.41) is 0. The van der Waals surface area contributed by atoms with E-state index in [0.717, 1.165) is 32.8 Å². The van der Waals surface area contributed by atoms with Crippen LogP contribution in [-0.2, 0) is 14.3 Å². The molecular weight excluding hydrogens is 184 g/mol. The van der Waals surface area contributed by atoms with E-state index in [1.54, 1.807) is 7.11 Å². The van der Waals surface area contributed by atoms with Crippen molar-refractivity contribution in [2.75, 3.05) is 53.2 Å². The molecule has 1 rings (SSSR count). The fourth-order valence-electron chi connectivity index (χ4n) is 1.54. The van der Waals surface area contributed by atoms with Gasteiger partial charge in [0.2, 0.25) is 0 Å². The van der Waals surface area contributed by atoms with E-state index in [2.05, 4.69) is 9.74 Å². The summed E-state index contributed by atoms with van der Waals surface area (Å²) in [4.78, 5) is 6.76. The molecule has 0 unspecified atom stereocenters. The lowest BCUT2D eigenvalue weighted by Gasteiger charge is -2.38. The Morgan fingerprint density at radius 1 is 1.29 bits per heavy atom. The van der Waals surface area contributed by atoms with E-state index in [4.69, 9.17) is 15.4 Å². The SMILES string of the molecule is COCCN1CC(COCCON)C1. The Labute approximate surface area is 85.0 Å². The van der Waals surface area contributed by atoms with Gasteiger partial charge >= 0.3 is 0 Å². The van der Waals surface area contributed by atoms with Crippen LogP contribution in [0.15, 0.2) is 0 Å². The van der Waals surface area contributed by atoms with Crippen molar-refractivity contribution in [3.8, 4) is 0 Å². The molecule has 14 heavy (non-hydrogen) atoms. The summed E-state index contributed by atoms with van der Waals surface area (Å²) in [6.07, 6.45) is 0. The molecule has 0 atom stereocenters. The molecule has 1 saturated heterocycles. The number of rotatable bonds is 8. The number of nitrogens with two attached hydrogens (primary N) is 1. The van der Waals surface area contributed by atoms with Gasteiger partial charge in [0.05, 0.1) is 26.4 Å². The maximum absolute atomic E-state index is 5.37. The molecule has 0 radical (unpaired) electrons. The molecule has 1 fully saturated rings. The lowest BCUT2D eigenvalue weighted by atomic mass is 10.0. The van der Waals surface area contributed by atoms with Crippen molar-refractivity contribution in [1.29, 1.82) is 0 Å². The van der Waals surface area contributed by atoms with E-state index in [1.165, 1.54) is 0 Å². The van der Waals surface area contributed by atoms with Crippen molar-refractivity contribution >= 4 is 0 Å². The van der Waals surface area contributed by atoms with Gasteiger partial charge in [-0.15, -0.1) is 0 Å². The topological polar surface area (TPSA) is 57.0 Å². The van der Waals surface area contributed by atoms with E-state index in [-0.39, 0.29) is 0 Å². The number of methoxy groups -OCH3 is 1. The molecule has 0 amide bonds. The van der Waals surface area contributed by atoms with Crippen LogP contribution in [0.4, 0.5) is 0 Å². The Hall–Kier alpha value is -0.200. The molecule has 1 heterocycles. The molecule has 0 aromatic carbocycles. The summed E-state index contributed by atoms with van der Waals surface area (Å²) in [6.45, 7) is 5.95. The molecule has 0 aromatic heterocycles. The average molecular weight is 204 g/mol. The molecule has 0 saturated carbocycles. The van der Waals surface area contributed by atoms with Gasteiger partial charge in [-0.25, -0.2) is 5.90 Å². The van der Waals surface area contributed by atoms with Crippen LogP contribution in [0.1, 0.15) is 0 Å². The van der Waals surface area contributed by atoms with Crippen LogP contribution in [0.5, 0.6) is 0 Å². The molecule has 0 aliphatic carbocycles. The third-order valence-electron chi connectivity index (χ3n) is 2.34. The Morgan fingerprint density at radius 2 is 2.07 bits per heavy atom. The summed E-state index contributed by atoms with van der Waals surface area (Å²) in [5.74, 6) is 5.54. The van der Waals surface area contributed by atoms with Crippen molar-refractivity contribution in [3.05, 3.63) is 0 Å². The normalized spacial score (nSPS) is 18.4. The predicted octanol–water partition coefficient (Wildman–Crippen LogP) is -0.528. The zero-order valence-electron chi connectivity index (χ0n) is 8.78. The summed E-state index contributed by atoms with van der Waals surface area (Å²) < 4.78 is 10.4. The minimum absolute atomic E-state index is 0.472. The predicted molar refractivity (Wildman–Crippen MR) is 52.8 cm³/mol. The highest BCUT2D eigenvalue weighted by atomic mass is 16.6. The van der Waals surface area contributed by atoms with E-state index in [1.807, 2.05) is 0 Å². The Morgan fingerprint density at radius 3 is 2.71 bits per heavy atom. The van der Waals surface area contributed by atoms with E-state index >= 15 is 0 Å². The van der Waals surface area contributed by atoms with Crippen LogP contribution >= 0.6 is 0 Å². The third kappa shape index (κ3) is 4.34. The van der Waals surface area contributed by atoms with Crippen LogP contribution in [-0.4, -0.2) is 58.1 Å². The lowest BCUT2D eigenvalue weighted by Crippen LogP contribution is -2.49. The number of hydrogen-bond acceptors (Lipinski definition) is 5. The van der Waals surface area contributed by atoms with Gasteiger partial charge in [-0.2, -0.15) is 0 Å². The Kier molecular flexibility index (Phi) is 6.05. The fraction of sp³-hybridized carbons (Fsp3) is 1.00. The molecular formula is C9H20N2O3. The van der Waals surface area contributed by atoms with Gasteiger partial charge < -0.3 is 19.2 Å². The Balaban J connectivity index is 1.84. The summed E-state index contributed by atoms with van der Waals surface area (Å²) in [5.41, 5.74) is 0. The molecule has 0 aromatic rings. The van der Waals surface area contributed by atoms with Crippen molar-refractivity contribution in [2.24, 2.45) is 11.8 Å². The van der Waals surface area contributed by atoms with Crippen molar-refractivity contribution < 1.29 is 14.3 Å². The quantitative estimate of drug-likeness (QED) is 0.425. The first kappa shape index (κ1) is 11.9. The van der Waals surface area contributed by atoms with Crippen LogP contribution < -0.4 is 5.90 Å². The molecule has 1 aliphatic rings. The first-order valence-electron chi connectivity index (χ1n) is 4.97. The summed E-state index contributed by atoms with van der Waals surface area (Å²) >= 11 is 0. The van der Waals surface area contributed by atoms with Gasteiger partial charge in [0.1, 0.15) is 0 Å². The smallest absolute Gasteiger partial charge is 0.0913 e. The summed E-state index contributed by atoms with van der Waals surface area (Å²) in [6, 6.07) is 0. The molecule has 0 bridgehead atoms. The van der Waals surface area contributed by atoms with Crippen molar-refractivity contribution in [1.82, 2.24) is 4.90 Å². The first-order valence-corrected chi connectivity index (χ1v) is 4.97. The molecule has 2 N–H and O–H groups in total. The maximum Gasteiger partial charge on any atom is 0.0913 e. The average Bonchev–Trinajstić information content (AvgIpc) is 2.14. The second kappa shape index (κ2) is 7.14. The number of hydrogen-bond donors (Lipinski definition) is 1. The largest absolute Gasteiger partial charge is 0.383 e. The van der Waals surface area contributed by atoms with Gasteiger partial charge in [-0.05, 0) is 0 Å². The van der Waals surface area contributed by atoms with Crippen LogP contribution in [0, 0.1) is 5.92 Å². The van der Waals surface area contributed by atoms with Crippen LogP contribution in [0.25, 0.3) is 0 Å². The number of likely N-dealkylation sites (tertiary alicyclic amines) is 1. The number of ether oxygens (including phenoxy) is 2. The van der Waals surface area contributed by atoms with Crippen LogP contribution in [0.3, 0.4) is 0 Å². The van der Waals surface area contributed by atoms with Gasteiger partial charge in [-0.3, -0.25) is 0 Å². The molecule has 84 valence electrons. The zero-order valence-corrected chi connectivity index (χ0v) is 8.78. The monoisotopic (exact) mass is 204 g/mol. The highest BCUT2D eigenvalue weighted by molar-refractivity contribution is 4.79. The fourth-order valence-corrected chi connectivity index (χ4v) is 1.54.